The van der Waals surface area contributed by atoms with Gasteiger partial charge < -0.3 is 20.3 Å². The Labute approximate surface area is 222 Å². The summed E-state index contributed by atoms with van der Waals surface area (Å²) in [5, 5.41) is 21.1. The van der Waals surface area contributed by atoms with Gasteiger partial charge >= 0.3 is 6.03 Å². The van der Waals surface area contributed by atoms with Gasteiger partial charge in [0.25, 0.3) is 0 Å². The van der Waals surface area contributed by atoms with Gasteiger partial charge in [-0.05, 0) is 74.0 Å². The molecular weight excluding hydrogens is 481 g/mol. The smallest absolute Gasteiger partial charge is 0.320 e. The third kappa shape index (κ3) is 4.71. The molecule has 0 saturated heterocycles. The molecule has 200 valence electrons. The van der Waals surface area contributed by atoms with Crippen molar-refractivity contribution in [3.05, 3.63) is 72.4 Å². The molecule has 0 spiro atoms. The predicted octanol–water partition coefficient (Wildman–Crippen LogP) is 5.30. The molecule has 6 atom stereocenters. The highest BCUT2D eigenvalue weighted by Crippen LogP contribution is 2.55. The molecule has 3 aliphatic rings. The second kappa shape index (κ2) is 10.2. The minimum Gasteiger partial charge on any atom is -0.392 e. The van der Waals surface area contributed by atoms with Crippen molar-refractivity contribution in [1.29, 1.82) is 0 Å². The number of nitrogens with zero attached hydrogens (tertiary/aromatic N) is 2. The van der Waals surface area contributed by atoms with E-state index >= 15 is 4.39 Å². The van der Waals surface area contributed by atoms with E-state index in [1.54, 1.807) is 18.6 Å². The van der Waals surface area contributed by atoms with Gasteiger partial charge in [0.05, 0.1) is 37.0 Å². The average Bonchev–Trinajstić information content (AvgIpc) is 3.47. The monoisotopic (exact) mass is 517 g/mol. The van der Waals surface area contributed by atoms with E-state index < -0.39 is 6.10 Å². The maximum atomic E-state index is 15.0. The molecule has 2 amide bonds. The van der Waals surface area contributed by atoms with Crippen molar-refractivity contribution < 1.29 is 14.3 Å². The molecule has 2 aliphatic carbocycles. The highest BCUT2D eigenvalue weighted by atomic mass is 19.1. The zero-order valence-corrected chi connectivity index (χ0v) is 21.7. The third-order valence-electron chi connectivity index (χ3n) is 8.95. The highest BCUT2D eigenvalue weighted by molar-refractivity contribution is 5.89. The van der Waals surface area contributed by atoms with Crippen LogP contribution < -0.4 is 16.0 Å². The van der Waals surface area contributed by atoms with Crippen LogP contribution in [0.1, 0.15) is 57.1 Å². The van der Waals surface area contributed by atoms with Crippen molar-refractivity contribution in [2.75, 3.05) is 12.0 Å². The van der Waals surface area contributed by atoms with E-state index in [-0.39, 0.29) is 29.3 Å². The van der Waals surface area contributed by atoms with Crippen LogP contribution in [0.15, 0.2) is 61.1 Å². The number of hydrogen-bond acceptors (Lipinski definition) is 4. The molecule has 0 radical (unpaired) electrons. The fourth-order valence-corrected chi connectivity index (χ4v) is 7.64. The number of carbonyl (C=O) groups excluding carboxylic acids is 1. The predicted molar refractivity (Wildman–Crippen MR) is 145 cm³/mol. The normalized spacial score (nSPS) is 28.3. The van der Waals surface area contributed by atoms with Crippen LogP contribution in [0.4, 0.5) is 14.9 Å². The fourth-order valence-electron chi connectivity index (χ4n) is 7.64. The molecule has 7 nitrogen and oxygen atoms in total. The quantitative estimate of drug-likeness (QED) is 0.320. The fraction of sp³-hybridized carbons (Fsp3) is 0.467. The first-order valence-corrected chi connectivity index (χ1v) is 13.7. The Kier molecular flexibility index (Phi) is 6.70. The number of anilines is 1. The molecule has 38 heavy (non-hydrogen) atoms. The molecule has 1 aromatic heterocycles. The van der Waals surface area contributed by atoms with Gasteiger partial charge in [-0.1, -0.05) is 37.3 Å². The average molecular weight is 518 g/mol. The van der Waals surface area contributed by atoms with Crippen LogP contribution >= 0.6 is 0 Å². The van der Waals surface area contributed by atoms with Crippen molar-refractivity contribution in [3.8, 4) is 11.3 Å². The van der Waals surface area contributed by atoms with Gasteiger partial charge in [-0.2, -0.15) is 0 Å². The van der Waals surface area contributed by atoms with E-state index in [0.29, 0.717) is 30.5 Å². The number of aromatic nitrogens is 2. The Morgan fingerprint density at radius 1 is 1.16 bits per heavy atom. The largest absolute Gasteiger partial charge is 0.392 e. The van der Waals surface area contributed by atoms with Gasteiger partial charge in [0.15, 0.2) is 0 Å². The number of hydrogen-bond donors (Lipinski definition) is 4. The molecule has 2 saturated carbocycles. The Morgan fingerprint density at radius 2 is 2.00 bits per heavy atom. The van der Waals surface area contributed by atoms with Crippen molar-refractivity contribution in [2.45, 2.75) is 63.6 Å². The van der Waals surface area contributed by atoms with Crippen molar-refractivity contribution in [2.24, 2.45) is 17.3 Å². The summed E-state index contributed by atoms with van der Waals surface area (Å²) in [6.07, 6.45) is 8.40. The van der Waals surface area contributed by atoms with E-state index in [2.05, 4.69) is 27.9 Å². The molecule has 8 heteroatoms. The summed E-state index contributed by atoms with van der Waals surface area (Å²) in [7, 11) is 0. The molecule has 2 heterocycles. The zero-order chi connectivity index (χ0) is 26.3. The maximum absolute atomic E-state index is 15.0. The number of amides is 2. The number of benzene rings is 2. The van der Waals surface area contributed by atoms with E-state index in [4.69, 9.17) is 0 Å². The van der Waals surface area contributed by atoms with Crippen molar-refractivity contribution in [1.82, 2.24) is 20.2 Å². The first-order chi connectivity index (χ1) is 18.4. The highest BCUT2D eigenvalue weighted by Gasteiger charge is 2.50. The van der Waals surface area contributed by atoms with Crippen LogP contribution in [0.3, 0.4) is 0 Å². The molecule has 3 aromatic rings. The van der Waals surface area contributed by atoms with Gasteiger partial charge in [-0.3, -0.25) is 5.32 Å². The molecule has 2 fully saturated rings. The number of rotatable bonds is 7. The summed E-state index contributed by atoms with van der Waals surface area (Å²) in [5.74, 6) is 0.837. The standard InChI is InChI=1S/C30H36FN5O2/c1-19-10-20-11-22(33-17-34-29(38)35-21-6-3-2-4-7-21)15-30(13-19,14-20)27(37)12-25-28-23(8-5-9-24(28)31)26-16-32-18-36(25)26/h2-9,16,18-20,22,25,27,33,37H,10-15,17H2,1H3,(H2,34,35,38). The Balaban J connectivity index is 1.14. The SMILES string of the molecule is CC1CC2CC(NCNC(=O)Nc3ccccc3)CC(C(O)CC3c4c(F)cccc4-c4cncn43)(C1)C2. The van der Waals surface area contributed by atoms with Crippen LogP contribution in [0.25, 0.3) is 11.3 Å². The molecule has 6 rings (SSSR count). The van der Waals surface area contributed by atoms with Gasteiger partial charge in [0, 0.05) is 22.9 Å². The molecule has 1 aliphatic heterocycles. The Bertz CT molecular complexity index is 1290. The first-order valence-electron chi connectivity index (χ1n) is 13.7. The minimum absolute atomic E-state index is 0.198. The second-order valence-electron chi connectivity index (χ2n) is 11.6. The van der Waals surface area contributed by atoms with Gasteiger partial charge in [0.1, 0.15) is 5.82 Å². The van der Waals surface area contributed by atoms with Gasteiger partial charge in [0.2, 0.25) is 0 Å². The molecule has 2 aromatic carbocycles. The van der Waals surface area contributed by atoms with Crippen LogP contribution in [0.2, 0.25) is 0 Å². The molecule has 4 N–H and O–H groups in total. The Morgan fingerprint density at radius 3 is 2.84 bits per heavy atom. The molecule has 6 unspecified atom stereocenters. The molecular formula is C30H36FN5O2. The summed E-state index contributed by atoms with van der Waals surface area (Å²) in [5.41, 5.74) is 2.96. The van der Waals surface area contributed by atoms with Crippen molar-refractivity contribution in [3.63, 3.8) is 0 Å². The lowest BCUT2D eigenvalue weighted by atomic mass is 9.55. The summed E-state index contributed by atoms with van der Waals surface area (Å²) in [6.45, 7) is 2.65. The zero-order valence-electron chi connectivity index (χ0n) is 21.7. The summed E-state index contributed by atoms with van der Waals surface area (Å²) < 4.78 is 17.0. The number of fused-ring (bicyclic) bond motifs is 5. The van der Waals surface area contributed by atoms with E-state index in [1.165, 1.54) is 6.07 Å². The number of halogens is 1. The maximum Gasteiger partial charge on any atom is 0.320 e. The van der Waals surface area contributed by atoms with E-state index in [0.717, 1.165) is 49.0 Å². The lowest BCUT2D eigenvalue weighted by Crippen LogP contribution is -2.53. The van der Waals surface area contributed by atoms with Gasteiger partial charge in [-0.15, -0.1) is 0 Å². The second-order valence-corrected chi connectivity index (χ2v) is 11.6. The lowest BCUT2D eigenvalue weighted by Gasteiger charge is -2.53. The van der Waals surface area contributed by atoms with Gasteiger partial charge in [-0.25, -0.2) is 14.2 Å². The minimum atomic E-state index is -0.572. The summed E-state index contributed by atoms with van der Waals surface area (Å²) in [4.78, 5) is 16.6. The number of nitrogens with one attached hydrogen (secondary N) is 3. The number of para-hydroxylation sites is 1. The summed E-state index contributed by atoms with van der Waals surface area (Å²) >= 11 is 0. The number of aliphatic hydroxyl groups is 1. The number of imidazole rings is 1. The topological polar surface area (TPSA) is 91.2 Å². The van der Waals surface area contributed by atoms with Crippen LogP contribution in [-0.2, 0) is 0 Å². The number of urea groups is 1. The Hall–Kier alpha value is -3.23. The number of carbonyl (C=O) groups is 1. The van der Waals surface area contributed by atoms with E-state index in [9.17, 15) is 9.90 Å². The number of aliphatic hydroxyl groups excluding tert-OH is 1. The van der Waals surface area contributed by atoms with Crippen molar-refractivity contribution >= 4 is 11.7 Å². The van der Waals surface area contributed by atoms with Crippen LogP contribution in [0, 0.1) is 23.1 Å². The lowest BCUT2D eigenvalue weighted by molar-refractivity contribution is -0.0784. The molecule has 2 bridgehead atoms. The first kappa shape index (κ1) is 25.1. The van der Waals surface area contributed by atoms with Crippen LogP contribution in [0.5, 0.6) is 0 Å². The van der Waals surface area contributed by atoms with Crippen LogP contribution in [-0.4, -0.2) is 39.5 Å². The summed E-state index contributed by atoms with van der Waals surface area (Å²) in [6, 6.07) is 14.2. The third-order valence-corrected chi connectivity index (χ3v) is 8.95. The van der Waals surface area contributed by atoms with E-state index in [1.807, 2.05) is 41.0 Å².